The molecule has 6 nitrogen and oxygen atoms in total. The van der Waals surface area contributed by atoms with Gasteiger partial charge in [-0.3, -0.25) is 4.79 Å². The number of rotatable bonds is 1. The van der Waals surface area contributed by atoms with Crippen LogP contribution >= 0.6 is 11.3 Å². The summed E-state index contributed by atoms with van der Waals surface area (Å²) in [5.41, 5.74) is -0.245. The second-order valence-electron chi connectivity index (χ2n) is 5.76. The summed E-state index contributed by atoms with van der Waals surface area (Å²) in [5, 5.41) is 9.78. The fourth-order valence-corrected chi connectivity index (χ4v) is 2.94. The summed E-state index contributed by atoms with van der Waals surface area (Å²) in [4.78, 5) is 29.0. The molecule has 0 aliphatic carbocycles. The van der Waals surface area contributed by atoms with Crippen LogP contribution in [0.25, 0.3) is 21.9 Å². The molecule has 3 rings (SSSR count). The molecule has 0 radical (unpaired) electrons. The molecular weight excluding hydrogens is 288 g/mol. The van der Waals surface area contributed by atoms with Gasteiger partial charge >= 0.3 is 0 Å². The van der Waals surface area contributed by atoms with Gasteiger partial charge in [-0.2, -0.15) is 0 Å². The van der Waals surface area contributed by atoms with Crippen LogP contribution in [-0.4, -0.2) is 25.0 Å². The van der Waals surface area contributed by atoms with Crippen molar-refractivity contribution < 1.29 is 5.11 Å². The van der Waals surface area contributed by atoms with Crippen LogP contribution in [-0.2, 0) is 5.41 Å². The Morgan fingerprint density at radius 3 is 2.52 bits per heavy atom. The van der Waals surface area contributed by atoms with Gasteiger partial charge in [0.2, 0.25) is 0 Å². The largest absolute Gasteiger partial charge is 0.505 e. The first kappa shape index (κ1) is 13.7. The van der Waals surface area contributed by atoms with E-state index in [1.807, 2.05) is 6.07 Å². The minimum absolute atomic E-state index is 0.0340. The number of hydrogen-bond donors (Lipinski definition) is 2. The number of thiophene rings is 1. The van der Waals surface area contributed by atoms with Crippen molar-refractivity contribution in [3.63, 3.8) is 0 Å². The first-order valence-corrected chi connectivity index (χ1v) is 7.22. The fourth-order valence-electron chi connectivity index (χ4n) is 1.85. The van der Waals surface area contributed by atoms with E-state index >= 15 is 0 Å². The van der Waals surface area contributed by atoms with Crippen LogP contribution in [0.1, 0.15) is 25.6 Å². The highest BCUT2D eigenvalue weighted by molar-refractivity contribution is 7.18. The van der Waals surface area contributed by atoms with Crippen LogP contribution in [0, 0.1) is 0 Å². The summed E-state index contributed by atoms with van der Waals surface area (Å²) in [7, 11) is 0. The van der Waals surface area contributed by atoms with Gasteiger partial charge in [0.05, 0.1) is 17.8 Å². The number of aromatic hydroxyl groups is 1. The quantitative estimate of drug-likeness (QED) is 0.720. The van der Waals surface area contributed by atoms with Crippen molar-refractivity contribution in [2.45, 2.75) is 26.2 Å². The van der Waals surface area contributed by atoms with Gasteiger partial charge in [0, 0.05) is 4.88 Å². The molecule has 108 valence electrons. The molecule has 0 aliphatic heterocycles. The zero-order valence-corrected chi connectivity index (χ0v) is 12.7. The molecule has 0 aliphatic rings. The zero-order chi connectivity index (χ0) is 15.2. The number of H-pyrrole nitrogens is 1. The molecule has 0 unspecified atom stereocenters. The van der Waals surface area contributed by atoms with Crippen molar-refractivity contribution in [3.05, 3.63) is 33.7 Å². The average Bonchev–Trinajstić information content (AvgIpc) is 2.84. The van der Waals surface area contributed by atoms with E-state index in [-0.39, 0.29) is 22.5 Å². The maximum atomic E-state index is 12.2. The fraction of sp³-hybridized carbons (Fsp3) is 0.286. The second-order valence-corrected chi connectivity index (χ2v) is 6.79. The standard InChI is InChI=1S/C14H14N4O2S/c1-14(2,3)9-4-8-12(20)17-11(18-13(8)21-9)10-15-5-7(19)6-16-10/h4-6,19H,1-3H3,(H,17,18,20). The van der Waals surface area contributed by atoms with E-state index in [0.29, 0.717) is 16.0 Å². The van der Waals surface area contributed by atoms with Gasteiger partial charge in [0.15, 0.2) is 17.4 Å². The molecule has 0 bridgehead atoms. The lowest BCUT2D eigenvalue weighted by Crippen LogP contribution is -2.10. The van der Waals surface area contributed by atoms with Gasteiger partial charge in [0.1, 0.15) is 4.83 Å². The Kier molecular flexibility index (Phi) is 3.02. The van der Waals surface area contributed by atoms with E-state index in [0.717, 1.165) is 4.88 Å². The first-order chi connectivity index (χ1) is 9.84. The topological polar surface area (TPSA) is 91.8 Å². The highest BCUT2D eigenvalue weighted by Gasteiger charge is 2.19. The van der Waals surface area contributed by atoms with E-state index in [9.17, 15) is 9.90 Å². The summed E-state index contributed by atoms with van der Waals surface area (Å²) >= 11 is 1.49. The van der Waals surface area contributed by atoms with Crippen molar-refractivity contribution in [2.24, 2.45) is 0 Å². The van der Waals surface area contributed by atoms with Crippen LogP contribution in [0.15, 0.2) is 23.3 Å². The van der Waals surface area contributed by atoms with E-state index in [1.54, 1.807) is 0 Å². The Balaban J connectivity index is 2.19. The summed E-state index contributed by atoms with van der Waals surface area (Å²) in [6.07, 6.45) is 2.53. The van der Waals surface area contributed by atoms with Crippen molar-refractivity contribution >= 4 is 21.6 Å². The van der Waals surface area contributed by atoms with Crippen molar-refractivity contribution in [1.82, 2.24) is 19.9 Å². The monoisotopic (exact) mass is 302 g/mol. The van der Waals surface area contributed by atoms with Crippen LogP contribution in [0.2, 0.25) is 0 Å². The number of aromatic nitrogens is 4. The Morgan fingerprint density at radius 1 is 1.24 bits per heavy atom. The van der Waals surface area contributed by atoms with Gasteiger partial charge in [0.25, 0.3) is 5.56 Å². The van der Waals surface area contributed by atoms with Gasteiger partial charge < -0.3 is 10.1 Å². The highest BCUT2D eigenvalue weighted by atomic mass is 32.1. The maximum absolute atomic E-state index is 12.2. The predicted octanol–water partition coefficient (Wildman–Crippen LogP) is 2.44. The van der Waals surface area contributed by atoms with Crippen molar-refractivity contribution in [3.8, 4) is 17.4 Å². The second kappa shape index (κ2) is 4.63. The van der Waals surface area contributed by atoms with E-state index in [1.165, 1.54) is 23.7 Å². The molecule has 21 heavy (non-hydrogen) atoms. The molecule has 0 spiro atoms. The number of aromatic amines is 1. The molecule has 3 aromatic rings. The van der Waals surface area contributed by atoms with Gasteiger partial charge in [-0.1, -0.05) is 20.8 Å². The van der Waals surface area contributed by atoms with Crippen molar-refractivity contribution in [1.29, 1.82) is 0 Å². The molecule has 7 heteroatoms. The lowest BCUT2D eigenvalue weighted by atomic mass is 9.94. The minimum Gasteiger partial charge on any atom is -0.505 e. The molecular formula is C14H14N4O2S. The van der Waals surface area contributed by atoms with Crippen LogP contribution in [0.4, 0.5) is 0 Å². The SMILES string of the molecule is CC(C)(C)c1cc2c(=O)[nH]c(-c3ncc(O)cn3)nc2s1. The summed E-state index contributed by atoms with van der Waals surface area (Å²) in [6, 6.07) is 1.88. The molecule has 3 aromatic heterocycles. The van der Waals surface area contributed by atoms with Crippen LogP contribution < -0.4 is 5.56 Å². The van der Waals surface area contributed by atoms with E-state index in [2.05, 4.69) is 40.7 Å². The third kappa shape index (κ3) is 2.52. The maximum Gasteiger partial charge on any atom is 0.260 e. The van der Waals surface area contributed by atoms with Gasteiger partial charge in [-0.05, 0) is 11.5 Å². The van der Waals surface area contributed by atoms with Crippen LogP contribution in [0.5, 0.6) is 5.75 Å². The Labute approximate surface area is 124 Å². The summed E-state index contributed by atoms with van der Waals surface area (Å²) < 4.78 is 0. The molecule has 0 fully saturated rings. The zero-order valence-electron chi connectivity index (χ0n) is 11.8. The van der Waals surface area contributed by atoms with Crippen LogP contribution in [0.3, 0.4) is 0 Å². The number of nitrogens with one attached hydrogen (secondary N) is 1. The van der Waals surface area contributed by atoms with Gasteiger partial charge in [-0.15, -0.1) is 11.3 Å². The first-order valence-electron chi connectivity index (χ1n) is 6.40. The third-order valence-corrected chi connectivity index (χ3v) is 4.45. The highest BCUT2D eigenvalue weighted by Crippen LogP contribution is 2.32. The van der Waals surface area contributed by atoms with Gasteiger partial charge in [-0.25, -0.2) is 15.0 Å². The summed E-state index contributed by atoms with van der Waals surface area (Å²) in [6.45, 7) is 6.28. The number of fused-ring (bicyclic) bond motifs is 1. The lowest BCUT2D eigenvalue weighted by Gasteiger charge is -2.14. The smallest absolute Gasteiger partial charge is 0.260 e. The average molecular weight is 302 g/mol. The molecule has 3 heterocycles. The summed E-state index contributed by atoms with van der Waals surface area (Å²) in [5.74, 6) is 0.542. The van der Waals surface area contributed by atoms with Crippen molar-refractivity contribution in [2.75, 3.05) is 0 Å². The lowest BCUT2D eigenvalue weighted by molar-refractivity contribution is 0.470. The molecule has 0 aromatic carbocycles. The molecule has 0 saturated carbocycles. The normalized spacial score (nSPS) is 12.0. The molecule has 0 atom stereocenters. The Hall–Kier alpha value is -2.28. The Morgan fingerprint density at radius 2 is 1.90 bits per heavy atom. The van der Waals surface area contributed by atoms with E-state index in [4.69, 9.17) is 0 Å². The minimum atomic E-state index is -0.210. The molecule has 0 amide bonds. The molecule has 2 N–H and O–H groups in total. The third-order valence-electron chi connectivity index (χ3n) is 2.99. The number of nitrogens with zero attached hydrogens (tertiary/aromatic N) is 3. The predicted molar refractivity (Wildman–Crippen MR) is 81.6 cm³/mol. The molecule has 0 saturated heterocycles. The number of hydrogen-bond acceptors (Lipinski definition) is 6. The van der Waals surface area contributed by atoms with E-state index < -0.39 is 0 Å². The Bertz CT molecular complexity index is 859.